The number of Topliss-reactive ketones (excluding diaryl/α,β-unsaturated/α-hetero) is 1. The van der Waals surface area contributed by atoms with Crippen LogP contribution in [0.3, 0.4) is 0 Å². The smallest absolute Gasteiger partial charge is 0.452 e. The summed E-state index contributed by atoms with van der Waals surface area (Å²) in [6.07, 6.45) is -5.11. The molecule has 1 atom stereocenters. The van der Waals surface area contributed by atoms with Gasteiger partial charge in [0.25, 0.3) is 19.7 Å². The molecule has 0 bridgehead atoms. The number of H-pyrrole nitrogens is 1. The maximum absolute atomic E-state index is 14.0. The summed E-state index contributed by atoms with van der Waals surface area (Å²) in [4.78, 5) is 42.3. The van der Waals surface area contributed by atoms with Gasteiger partial charge in [-0.05, 0) is 41.7 Å². The largest absolute Gasteiger partial charge is 0.542 e. The number of nitrogens with zero attached hydrogens (tertiary/aromatic N) is 1. The number of rotatable bonds is 8. The van der Waals surface area contributed by atoms with Crippen molar-refractivity contribution < 1.29 is 27.2 Å². The zero-order chi connectivity index (χ0) is 31.2. The Kier molecular flexibility index (Phi) is 8.20. The van der Waals surface area contributed by atoms with Crippen LogP contribution in [0.4, 0.5) is 13.2 Å². The SMILES string of the molecule is CC(C)C(NC(=O)Cn1c(-c2ccccc2)cc2c([nH]c3c(O[Si](C)(C)C(C)(C)C)cccc32)c1=O)C(=O)C(F)(F)F. The van der Waals surface area contributed by atoms with Crippen molar-refractivity contribution in [3.8, 4) is 17.0 Å². The highest BCUT2D eigenvalue weighted by molar-refractivity contribution is 6.74. The lowest BCUT2D eigenvalue weighted by molar-refractivity contribution is -0.174. The van der Waals surface area contributed by atoms with E-state index in [9.17, 15) is 27.6 Å². The van der Waals surface area contributed by atoms with Gasteiger partial charge in [0.1, 0.15) is 17.8 Å². The molecule has 4 aromatic rings. The Morgan fingerprint density at radius 1 is 0.976 bits per heavy atom. The molecule has 11 heteroatoms. The molecule has 0 aliphatic rings. The highest BCUT2D eigenvalue weighted by Gasteiger charge is 2.45. The number of para-hydroxylation sites is 1. The second-order valence-electron chi connectivity index (χ2n) is 12.4. The molecule has 0 aliphatic carbocycles. The molecule has 2 N–H and O–H groups in total. The number of pyridine rings is 1. The highest BCUT2D eigenvalue weighted by Crippen LogP contribution is 2.40. The van der Waals surface area contributed by atoms with E-state index in [0.29, 0.717) is 27.9 Å². The predicted molar refractivity (Wildman–Crippen MR) is 161 cm³/mol. The van der Waals surface area contributed by atoms with Crippen molar-refractivity contribution in [2.24, 2.45) is 5.92 Å². The van der Waals surface area contributed by atoms with Gasteiger partial charge in [-0.25, -0.2) is 0 Å². The molecule has 0 spiro atoms. The van der Waals surface area contributed by atoms with Crippen molar-refractivity contribution in [3.05, 3.63) is 65.0 Å². The number of hydrogen-bond acceptors (Lipinski definition) is 4. The topological polar surface area (TPSA) is 93.2 Å². The molecule has 0 fully saturated rings. The van der Waals surface area contributed by atoms with Crippen LogP contribution in [-0.2, 0) is 16.1 Å². The molecule has 0 radical (unpaired) electrons. The average Bonchev–Trinajstić information content (AvgIpc) is 3.27. The number of alkyl halides is 3. The maximum atomic E-state index is 14.0. The van der Waals surface area contributed by atoms with Gasteiger partial charge in [0.2, 0.25) is 5.91 Å². The molecule has 2 aromatic carbocycles. The number of amides is 1. The van der Waals surface area contributed by atoms with Crippen LogP contribution in [0.5, 0.6) is 5.75 Å². The van der Waals surface area contributed by atoms with Gasteiger partial charge < -0.3 is 14.7 Å². The van der Waals surface area contributed by atoms with Crippen molar-refractivity contribution in [2.45, 2.75) is 71.5 Å². The number of carbonyl (C=O) groups excluding carboxylic acids is 2. The van der Waals surface area contributed by atoms with Crippen molar-refractivity contribution in [1.29, 1.82) is 0 Å². The first kappa shape index (κ1) is 31.1. The Labute approximate surface area is 243 Å². The number of aromatic nitrogens is 2. The third-order valence-corrected chi connectivity index (χ3v) is 12.3. The monoisotopic (exact) mass is 599 g/mol. The van der Waals surface area contributed by atoms with Crippen LogP contribution in [0.25, 0.3) is 33.1 Å². The van der Waals surface area contributed by atoms with Crippen LogP contribution >= 0.6 is 0 Å². The molecule has 2 aromatic heterocycles. The summed E-state index contributed by atoms with van der Waals surface area (Å²) in [5.74, 6) is -3.13. The number of ketones is 1. The molecule has 0 saturated carbocycles. The van der Waals surface area contributed by atoms with Crippen LogP contribution in [0.15, 0.2) is 59.4 Å². The zero-order valence-corrected chi connectivity index (χ0v) is 25.8. The van der Waals surface area contributed by atoms with E-state index in [1.165, 1.54) is 18.4 Å². The van der Waals surface area contributed by atoms with Gasteiger partial charge >= 0.3 is 6.18 Å². The third-order valence-electron chi connectivity index (χ3n) is 7.95. The van der Waals surface area contributed by atoms with Crippen molar-refractivity contribution in [2.75, 3.05) is 0 Å². The number of halogens is 3. The van der Waals surface area contributed by atoms with Gasteiger partial charge in [-0.2, -0.15) is 13.2 Å². The van der Waals surface area contributed by atoms with Gasteiger partial charge in [-0.3, -0.25) is 19.0 Å². The van der Waals surface area contributed by atoms with Gasteiger partial charge in [-0.1, -0.05) is 77.1 Å². The summed E-state index contributed by atoms with van der Waals surface area (Å²) in [7, 11) is -2.23. The summed E-state index contributed by atoms with van der Waals surface area (Å²) in [6, 6.07) is 14.5. The summed E-state index contributed by atoms with van der Waals surface area (Å²) in [5.41, 5.74) is 1.39. The van der Waals surface area contributed by atoms with Gasteiger partial charge in [0.15, 0.2) is 0 Å². The quantitative estimate of drug-likeness (QED) is 0.218. The van der Waals surface area contributed by atoms with Crippen LogP contribution in [-0.4, -0.2) is 41.8 Å². The molecule has 4 rings (SSSR count). The number of carbonyl (C=O) groups is 2. The van der Waals surface area contributed by atoms with E-state index < -0.39 is 50.2 Å². The van der Waals surface area contributed by atoms with Crippen molar-refractivity contribution in [1.82, 2.24) is 14.9 Å². The minimum atomic E-state index is -5.11. The van der Waals surface area contributed by atoms with E-state index in [-0.39, 0.29) is 10.6 Å². The summed E-state index contributed by atoms with van der Waals surface area (Å²) in [6.45, 7) is 12.9. The molecule has 1 amide bonds. The predicted octanol–water partition coefficient (Wildman–Crippen LogP) is 6.81. The van der Waals surface area contributed by atoms with E-state index in [1.54, 1.807) is 30.3 Å². The third kappa shape index (κ3) is 6.01. The Balaban J connectivity index is 1.86. The lowest BCUT2D eigenvalue weighted by Gasteiger charge is -2.36. The number of benzene rings is 2. The molecule has 224 valence electrons. The number of aromatic amines is 1. The van der Waals surface area contributed by atoms with Gasteiger partial charge in [-0.15, -0.1) is 0 Å². The Morgan fingerprint density at radius 3 is 2.19 bits per heavy atom. The van der Waals surface area contributed by atoms with E-state index in [4.69, 9.17) is 4.43 Å². The Morgan fingerprint density at radius 2 is 1.62 bits per heavy atom. The van der Waals surface area contributed by atoms with Crippen LogP contribution in [0, 0.1) is 5.92 Å². The van der Waals surface area contributed by atoms with E-state index in [1.807, 2.05) is 24.3 Å². The fourth-order valence-electron chi connectivity index (χ4n) is 4.58. The molecule has 0 aliphatic heterocycles. The molecular weight excluding hydrogens is 563 g/mol. The minimum Gasteiger partial charge on any atom is -0.542 e. The van der Waals surface area contributed by atoms with E-state index in [2.05, 4.69) is 44.2 Å². The second-order valence-corrected chi connectivity index (χ2v) is 17.1. The summed E-state index contributed by atoms with van der Waals surface area (Å²) in [5, 5.41) is 3.53. The molecule has 2 heterocycles. The second kappa shape index (κ2) is 11.1. The first-order valence-corrected chi connectivity index (χ1v) is 16.7. The number of nitrogens with one attached hydrogen (secondary N) is 2. The molecule has 7 nitrogen and oxygen atoms in total. The summed E-state index contributed by atoms with van der Waals surface area (Å²) < 4.78 is 47.4. The van der Waals surface area contributed by atoms with Gasteiger partial charge in [0.05, 0.1) is 17.3 Å². The minimum absolute atomic E-state index is 0.0664. The zero-order valence-electron chi connectivity index (χ0n) is 24.8. The molecular formula is C31H36F3N3O4Si. The Hall–Kier alpha value is -3.86. The van der Waals surface area contributed by atoms with Crippen LogP contribution in [0.1, 0.15) is 34.6 Å². The number of hydrogen-bond donors (Lipinski definition) is 2. The lowest BCUT2D eigenvalue weighted by Crippen LogP contribution is -2.50. The molecule has 0 saturated heterocycles. The maximum Gasteiger partial charge on any atom is 0.452 e. The molecule has 42 heavy (non-hydrogen) atoms. The average molecular weight is 600 g/mol. The number of fused-ring (bicyclic) bond motifs is 3. The van der Waals surface area contributed by atoms with E-state index in [0.717, 1.165) is 5.39 Å². The van der Waals surface area contributed by atoms with Crippen molar-refractivity contribution >= 4 is 41.8 Å². The lowest BCUT2D eigenvalue weighted by atomic mass is 9.99. The fourth-order valence-corrected chi connectivity index (χ4v) is 5.61. The first-order chi connectivity index (χ1) is 19.4. The molecule has 1 unspecified atom stereocenters. The highest BCUT2D eigenvalue weighted by atomic mass is 28.4. The van der Waals surface area contributed by atoms with Gasteiger partial charge in [0, 0.05) is 10.8 Å². The van der Waals surface area contributed by atoms with Crippen molar-refractivity contribution in [3.63, 3.8) is 0 Å². The van der Waals surface area contributed by atoms with Crippen LogP contribution in [0.2, 0.25) is 18.1 Å². The fraction of sp³-hybridized carbons (Fsp3) is 0.387. The Bertz CT molecular complexity index is 1700. The van der Waals surface area contributed by atoms with Crippen LogP contribution < -0.4 is 15.3 Å². The normalized spacial score (nSPS) is 13.5. The summed E-state index contributed by atoms with van der Waals surface area (Å²) >= 11 is 0. The standard InChI is InChI=1S/C31H36F3N3O4Si/c1-18(2)25(28(39)31(32,33)34)35-24(38)17-37-22(19-12-9-8-10-13-19)16-21-20-14-11-15-23(26(20)36-27(21)29(37)40)41-42(6,7)30(3,4)5/h8-16,18,25,36H,17H2,1-7H3,(H,35,38). The van der Waals surface area contributed by atoms with E-state index >= 15 is 0 Å². The first-order valence-electron chi connectivity index (χ1n) is 13.8.